The Hall–Kier alpha value is -3.34. The van der Waals surface area contributed by atoms with E-state index in [1.165, 1.54) is 0 Å². The lowest BCUT2D eigenvalue weighted by atomic mass is 9.68. The Labute approximate surface area is 208 Å². The molecule has 1 aliphatic heterocycles. The number of hydrogen-bond acceptors (Lipinski definition) is 5. The Morgan fingerprint density at radius 3 is 2.49 bits per heavy atom. The first-order valence-electron chi connectivity index (χ1n) is 12.5. The molecule has 0 bridgehead atoms. The topological polar surface area (TPSA) is 64.6 Å². The summed E-state index contributed by atoms with van der Waals surface area (Å²) in [7, 11) is 0. The Balaban J connectivity index is 1.71. The highest BCUT2D eigenvalue weighted by Crippen LogP contribution is 2.48. The molecule has 1 atom stereocenters. The van der Waals surface area contributed by atoms with E-state index >= 15 is 0 Å². The SMILES string of the molecule is CCCOc1ccccc1[C@H]1C(C(=O)OCCc2ccccc2)=C(C)NC2=C1C(=O)CC(C)(C)C2. The number of carbonyl (C=O) groups is 2. The zero-order valence-electron chi connectivity index (χ0n) is 21.1. The second-order valence-electron chi connectivity index (χ2n) is 10.2. The van der Waals surface area contributed by atoms with Crippen molar-refractivity contribution < 1.29 is 19.1 Å². The van der Waals surface area contributed by atoms with Crippen LogP contribution >= 0.6 is 0 Å². The summed E-state index contributed by atoms with van der Waals surface area (Å²) in [5.74, 6) is -0.146. The molecule has 1 heterocycles. The normalized spacial score (nSPS) is 19.2. The van der Waals surface area contributed by atoms with Crippen LogP contribution in [0.25, 0.3) is 0 Å². The maximum atomic E-state index is 13.5. The van der Waals surface area contributed by atoms with E-state index < -0.39 is 11.9 Å². The first kappa shape index (κ1) is 24.8. The van der Waals surface area contributed by atoms with Crippen molar-refractivity contribution in [1.82, 2.24) is 5.32 Å². The maximum Gasteiger partial charge on any atom is 0.336 e. The van der Waals surface area contributed by atoms with Crippen molar-refractivity contribution >= 4 is 11.8 Å². The third-order valence-electron chi connectivity index (χ3n) is 6.62. The molecular weight excluding hydrogens is 438 g/mol. The molecule has 2 aliphatic rings. The summed E-state index contributed by atoms with van der Waals surface area (Å²) >= 11 is 0. The summed E-state index contributed by atoms with van der Waals surface area (Å²) < 4.78 is 11.8. The van der Waals surface area contributed by atoms with Crippen LogP contribution in [0.1, 0.15) is 64.0 Å². The van der Waals surface area contributed by atoms with Gasteiger partial charge >= 0.3 is 5.97 Å². The van der Waals surface area contributed by atoms with Gasteiger partial charge in [0.1, 0.15) is 5.75 Å². The van der Waals surface area contributed by atoms with Crippen LogP contribution in [0.4, 0.5) is 0 Å². The lowest BCUT2D eigenvalue weighted by Gasteiger charge is -2.39. The van der Waals surface area contributed by atoms with Gasteiger partial charge in [-0.2, -0.15) is 0 Å². The molecule has 35 heavy (non-hydrogen) atoms. The molecule has 0 saturated heterocycles. The fourth-order valence-electron chi connectivity index (χ4n) is 5.06. The minimum atomic E-state index is -0.521. The quantitative estimate of drug-likeness (QED) is 0.486. The third-order valence-corrected chi connectivity index (χ3v) is 6.62. The fourth-order valence-corrected chi connectivity index (χ4v) is 5.06. The second kappa shape index (κ2) is 10.5. The van der Waals surface area contributed by atoms with Gasteiger partial charge in [0.2, 0.25) is 0 Å². The number of rotatable bonds is 8. The van der Waals surface area contributed by atoms with Crippen molar-refractivity contribution in [2.45, 2.75) is 59.3 Å². The fraction of sp³-hybridized carbons (Fsp3) is 0.400. The summed E-state index contributed by atoms with van der Waals surface area (Å²) in [4.78, 5) is 27.0. The van der Waals surface area contributed by atoms with Crippen LogP contribution in [0.3, 0.4) is 0 Å². The number of ether oxygens (including phenoxy) is 2. The van der Waals surface area contributed by atoms with E-state index in [1.807, 2.05) is 61.5 Å². The maximum absolute atomic E-state index is 13.5. The van der Waals surface area contributed by atoms with E-state index in [0.29, 0.717) is 36.3 Å². The highest BCUT2D eigenvalue weighted by atomic mass is 16.5. The number of nitrogens with one attached hydrogen (secondary N) is 1. The number of para-hydroxylation sites is 1. The van der Waals surface area contributed by atoms with Gasteiger partial charge in [-0.15, -0.1) is 0 Å². The third kappa shape index (κ3) is 5.50. The van der Waals surface area contributed by atoms with E-state index in [1.54, 1.807) is 0 Å². The lowest BCUT2D eigenvalue weighted by Crippen LogP contribution is -2.38. The van der Waals surface area contributed by atoms with Gasteiger partial charge in [-0.25, -0.2) is 4.79 Å². The van der Waals surface area contributed by atoms with Gasteiger partial charge in [0.15, 0.2) is 5.78 Å². The Kier molecular flexibility index (Phi) is 7.44. The van der Waals surface area contributed by atoms with Crippen LogP contribution in [-0.2, 0) is 20.7 Å². The van der Waals surface area contributed by atoms with Crippen molar-refractivity contribution in [3.05, 3.63) is 88.3 Å². The van der Waals surface area contributed by atoms with Crippen LogP contribution < -0.4 is 10.1 Å². The number of Topliss-reactive ketones (excluding diaryl/α,β-unsaturated/α-hetero) is 1. The molecule has 5 heteroatoms. The molecule has 0 radical (unpaired) electrons. The number of dihydropyridines is 1. The van der Waals surface area contributed by atoms with E-state index in [4.69, 9.17) is 9.47 Å². The highest BCUT2D eigenvalue weighted by molar-refractivity contribution is 6.04. The van der Waals surface area contributed by atoms with Gasteiger partial charge < -0.3 is 14.8 Å². The van der Waals surface area contributed by atoms with Gasteiger partial charge in [-0.1, -0.05) is 69.3 Å². The van der Waals surface area contributed by atoms with Crippen molar-refractivity contribution in [3.63, 3.8) is 0 Å². The van der Waals surface area contributed by atoms with E-state index in [2.05, 4.69) is 26.1 Å². The Morgan fingerprint density at radius 1 is 1.03 bits per heavy atom. The summed E-state index contributed by atoms with van der Waals surface area (Å²) in [6.45, 7) is 9.00. The van der Waals surface area contributed by atoms with Crippen LogP contribution in [0.2, 0.25) is 0 Å². The molecule has 1 N–H and O–H groups in total. The molecule has 0 spiro atoms. The summed E-state index contributed by atoms with van der Waals surface area (Å²) in [5, 5.41) is 3.40. The minimum Gasteiger partial charge on any atom is -0.493 e. The van der Waals surface area contributed by atoms with Gasteiger partial charge in [-0.05, 0) is 36.8 Å². The second-order valence-corrected chi connectivity index (χ2v) is 10.2. The largest absolute Gasteiger partial charge is 0.493 e. The average molecular weight is 474 g/mol. The molecule has 0 unspecified atom stereocenters. The predicted octanol–water partition coefficient (Wildman–Crippen LogP) is 5.87. The van der Waals surface area contributed by atoms with Crippen LogP contribution in [0.5, 0.6) is 5.75 Å². The number of ketones is 1. The Bertz CT molecular complexity index is 1160. The first-order valence-corrected chi connectivity index (χ1v) is 12.5. The number of hydrogen-bond donors (Lipinski definition) is 1. The van der Waals surface area contributed by atoms with Crippen molar-refractivity contribution in [1.29, 1.82) is 0 Å². The molecule has 1 aliphatic carbocycles. The molecule has 0 aromatic heterocycles. The standard InChI is InChI=1S/C30H35NO4/c1-5-16-34-25-14-10-9-13-22(25)27-26(29(33)35-17-15-21-11-7-6-8-12-21)20(2)31-23-18-30(3,4)19-24(32)28(23)27/h6-14,27,31H,5,15-19H2,1-4H3/t27-/m0/s1. The average Bonchev–Trinajstić information content (AvgIpc) is 2.82. The molecular formula is C30H35NO4. The molecule has 184 valence electrons. The number of benzene rings is 2. The molecule has 5 nitrogen and oxygen atoms in total. The van der Waals surface area contributed by atoms with Crippen LogP contribution in [0, 0.1) is 5.41 Å². The van der Waals surface area contributed by atoms with E-state index in [9.17, 15) is 9.59 Å². The monoisotopic (exact) mass is 473 g/mol. The van der Waals surface area contributed by atoms with E-state index in [-0.39, 0.29) is 17.8 Å². The molecule has 2 aromatic rings. The molecule has 0 saturated carbocycles. The van der Waals surface area contributed by atoms with Crippen LogP contribution in [-0.4, -0.2) is 25.0 Å². The summed E-state index contributed by atoms with van der Waals surface area (Å²) in [5.41, 5.74) is 4.58. The Morgan fingerprint density at radius 2 is 1.74 bits per heavy atom. The van der Waals surface area contributed by atoms with Gasteiger partial charge in [0.25, 0.3) is 0 Å². The lowest BCUT2D eigenvalue weighted by molar-refractivity contribution is -0.139. The van der Waals surface area contributed by atoms with Crippen molar-refractivity contribution in [2.24, 2.45) is 5.41 Å². The number of allylic oxidation sites excluding steroid dienone is 3. The van der Waals surface area contributed by atoms with Crippen LogP contribution in [0.15, 0.2) is 77.1 Å². The molecule has 0 amide bonds. The first-order chi connectivity index (χ1) is 16.8. The predicted molar refractivity (Wildman–Crippen MR) is 137 cm³/mol. The van der Waals surface area contributed by atoms with Crippen molar-refractivity contribution in [3.8, 4) is 5.75 Å². The molecule has 4 rings (SSSR count). The molecule has 0 fully saturated rings. The van der Waals surface area contributed by atoms with E-state index in [0.717, 1.165) is 35.4 Å². The molecule has 2 aromatic carbocycles. The number of esters is 1. The van der Waals surface area contributed by atoms with Gasteiger partial charge in [0.05, 0.1) is 24.7 Å². The van der Waals surface area contributed by atoms with Gasteiger partial charge in [-0.3, -0.25) is 4.79 Å². The number of carbonyl (C=O) groups excluding carboxylic acids is 2. The highest BCUT2D eigenvalue weighted by Gasteiger charge is 2.44. The van der Waals surface area contributed by atoms with Gasteiger partial charge in [0, 0.05) is 35.4 Å². The minimum absolute atomic E-state index is 0.0705. The smallest absolute Gasteiger partial charge is 0.336 e. The zero-order chi connectivity index (χ0) is 25.0. The summed E-state index contributed by atoms with van der Waals surface area (Å²) in [6, 6.07) is 17.7. The van der Waals surface area contributed by atoms with Crippen molar-refractivity contribution in [2.75, 3.05) is 13.2 Å². The summed E-state index contributed by atoms with van der Waals surface area (Å²) in [6.07, 6.45) is 2.69. The zero-order valence-corrected chi connectivity index (χ0v) is 21.1.